The zero-order valence-corrected chi connectivity index (χ0v) is 12.5. The van der Waals surface area contributed by atoms with Gasteiger partial charge in [-0.2, -0.15) is 5.10 Å². The van der Waals surface area contributed by atoms with E-state index in [4.69, 9.17) is 0 Å². The fraction of sp³-hybridized carbons (Fsp3) is 0.111. The Morgan fingerprint density at radius 2 is 1.96 bits per heavy atom. The number of amides is 1. The number of carbonyl (C=O) groups is 1. The number of carbonyl (C=O) groups excluding carboxylic acids is 1. The molecule has 3 rings (SSSR count). The minimum absolute atomic E-state index is 0.345. The van der Waals surface area contributed by atoms with Crippen LogP contribution in [0.2, 0.25) is 0 Å². The van der Waals surface area contributed by atoms with E-state index in [0.717, 1.165) is 11.3 Å². The van der Waals surface area contributed by atoms with Crippen molar-refractivity contribution in [2.75, 3.05) is 0 Å². The fourth-order valence-electron chi connectivity index (χ4n) is 2.30. The van der Waals surface area contributed by atoms with Crippen molar-refractivity contribution in [2.24, 2.45) is 0 Å². The lowest BCUT2D eigenvalue weighted by Crippen LogP contribution is -2.28. The SMILES string of the molecule is O=C(NCc1cccc(-n2cccn2)c1)C(O)c1ccccc1. The van der Waals surface area contributed by atoms with Crippen LogP contribution < -0.4 is 5.32 Å². The Morgan fingerprint density at radius 1 is 1.13 bits per heavy atom. The quantitative estimate of drug-likeness (QED) is 0.759. The number of aromatic nitrogens is 2. The molecular formula is C18H17N3O2. The number of aliphatic hydroxyl groups is 1. The van der Waals surface area contributed by atoms with Crippen molar-refractivity contribution in [1.29, 1.82) is 0 Å². The molecule has 0 fully saturated rings. The largest absolute Gasteiger partial charge is 0.378 e. The molecule has 2 N–H and O–H groups in total. The van der Waals surface area contributed by atoms with Crippen molar-refractivity contribution >= 4 is 5.91 Å². The monoisotopic (exact) mass is 307 g/mol. The third kappa shape index (κ3) is 3.64. The lowest BCUT2D eigenvalue weighted by atomic mass is 10.1. The Balaban J connectivity index is 1.64. The number of nitrogens with zero attached hydrogens (tertiary/aromatic N) is 2. The lowest BCUT2D eigenvalue weighted by Gasteiger charge is -2.12. The van der Waals surface area contributed by atoms with Crippen molar-refractivity contribution in [3.05, 3.63) is 84.2 Å². The van der Waals surface area contributed by atoms with Crippen LogP contribution in [-0.4, -0.2) is 20.8 Å². The second-order valence-electron chi connectivity index (χ2n) is 5.15. The summed E-state index contributed by atoms with van der Waals surface area (Å²) in [5, 5.41) is 17.0. The van der Waals surface area contributed by atoms with Crippen molar-refractivity contribution in [2.45, 2.75) is 12.6 Å². The van der Waals surface area contributed by atoms with E-state index >= 15 is 0 Å². The van der Waals surface area contributed by atoms with Gasteiger partial charge in [-0.15, -0.1) is 0 Å². The molecule has 3 aromatic rings. The van der Waals surface area contributed by atoms with Gasteiger partial charge in [-0.05, 0) is 29.3 Å². The third-order valence-electron chi connectivity index (χ3n) is 3.51. The van der Waals surface area contributed by atoms with Gasteiger partial charge in [-0.1, -0.05) is 42.5 Å². The van der Waals surface area contributed by atoms with Gasteiger partial charge in [0.1, 0.15) is 0 Å². The van der Waals surface area contributed by atoms with Crippen LogP contribution >= 0.6 is 0 Å². The zero-order chi connectivity index (χ0) is 16.1. The normalized spacial score (nSPS) is 11.9. The second kappa shape index (κ2) is 6.89. The maximum Gasteiger partial charge on any atom is 0.253 e. The molecular weight excluding hydrogens is 290 g/mol. The van der Waals surface area contributed by atoms with Crippen LogP contribution in [0.3, 0.4) is 0 Å². The summed E-state index contributed by atoms with van der Waals surface area (Å²) in [7, 11) is 0. The van der Waals surface area contributed by atoms with E-state index in [2.05, 4.69) is 10.4 Å². The van der Waals surface area contributed by atoms with E-state index in [1.807, 2.05) is 42.6 Å². The van der Waals surface area contributed by atoms with Gasteiger partial charge >= 0.3 is 0 Å². The first-order valence-corrected chi connectivity index (χ1v) is 7.34. The summed E-state index contributed by atoms with van der Waals surface area (Å²) in [6, 6.07) is 18.4. The minimum atomic E-state index is -1.16. The molecule has 0 spiro atoms. The molecule has 0 aliphatic carbocycles. The predicted molar refractivity (Wildman–Crippen MR) is 86.8 cm³/mol. The summed E-state index contributed by atoms with van der Waals surface area (Å²) in [4.78, 5) is 12.1. The van der Waals surface area contributed by atoms with Crippen LogP contribution in [-0.2, 0) is 11.3 Å². The maximum absolute atomic E-state index is 12.1. The minimum Gasteiger partial charge on any atom is -0.378 e. The van der Waals surface area contributed by atoms with Crippen LogP contribution in [0.4, 0.5) is 0 Å². The Morgan fingerprint density at radius 3 is 2.70 bits per heavy atom. The van der Waals surface area contributed by atoms with Gasteiger partial charge in [0.05, 0.1) is 5.69 Å². The van der Waals surface area contributed by atoms with Gasteiger partial charge in [0.25, 0.3) is 5.91 Å². The van der Waals surface area contributed by atoms with Gasteiger partial charge in [0, 0.05) is 18.9 Å². The number of aliphatic hydroxyl groups excluding tert-OH is 1. The maximum atomic E-state index is 12.1. The number of benzene rings is 2. The highest BCUT2D eigenvalue weighted by molar-refractivity contribution is 5.81. The molecule has 0 radical (unpaired) electrons. The van der Waals surface area contributed by atoms with Gasteiger partial charge in [0.2, 0.25) is 0 Å². The Kier molecular flexibility index (Phi) is 4.49. The van der Waals surface area contributed by atoms with E-state index in [0.29, 0.717) is 12.1 Å². The first-order valence-electron chi connectivity index (χ1n) is 7.34. The summed E-state index contributed by atoms with van der Waals surface area (Å²) in [5.74, 6) is -0.416. The number of hydrogen-bond acceptors (Lipinski definition) is 3. The van der Waals surface area contributed by atoms with E-state index in [-0.39, 0.29) is 0 Å². The van der Waals surface area contributed by atoms with Crippen molar-refractivity contribution in [1.82, 2.24) is 15.1 Å². The molecule has 116 valence electrons. The molecule has 0 saturated carbocycles. The molecule has 1 amide bonds. The highest BCUT2D eigenvalue weighted by atomic mass is 16.3. The average Bonchev–Trinajstić information content (AvgIpc) is 3.15. The molecule has 0 bridgehead atoms. The molecule has 0 aliphatic heterocycles. The highest BCUT2D eigenvalue weighted by Gasteiger charge is 2.16. The number of nitrogens with one attached hydrogen (secondary N) is 1. The molecule has 23 heavy (non-hydrogen) atoms. The number of hydrogen-bond donors (Lipinski definition) is 2. The zero-order valence-electron chi connectivity index (χ0n) is 12.5. The third-order valence-corrected chi connectivity index (χ3v) is 3.51. The summed E-state index contributed by atoms with van der Waals surface area (Å²) in [5.41, 5.74) is 2.44. The predicted octanol–water partition coefficient (Wildman–Crippen LogP) is 2.22. The van der Waals surface area contributed by atoms with E-state index < -0.39 is 12.0 Å². The molecule has 0 saturated heterocycles. The smallest absolute Gasteiger partial charge is 0.253 e. The molecule has 5 nitrogen and oxygen atoms in total. The van der Waals surface area contributed by atoms with Crippen molar-refractivity contribution in [3.63, 3.8) is 0 Å². The Labute approximate surface area is 134 Å². The van der Waals surface area contributed by atoms with Crippen LogP contribution in [0.1, 0.15) is 17.2 Å². The molecule has 2 aromatic carbocycles. The summed E-state index contributed by atoms with van der Waals surface area (Å²) < 4.78 is 1.75. The molecule has 1 aromatic heterocycles. The average molecular weight is 307 g/mol. The van der Waals surface area contributed by atoms with Crippen LogP contribution in [0.5, 0.6) is 0 Å². The van der Waals surface area contributed by atoms with E-state index in [1.165, 1.54) is 0 Å². The molecule has 0 aliphatic rings. The van der Waals surface area contributed by atoms with Crippen molar-refractivity contribution < 1.29 is 9.90 Å². The first-order chi connectivity index (χ1) is 11.2. The molecule has 5 heteroatoms. The Hall–Kier alpha value is -2.92. The van der Waals surface area contributed by atoms with Crippen LogP contribution in [0, 0.1) is 0 Å². The second-order valence-corrected chi connectivity index (χ2v) is 5.15. The van der Waals surface area contributed by atoms with Gasteiger partial charge < -0.3 is 10.4 Å². The van der Waals surface area contributed by atoms with Gasteiger partial charge in [-0.25, -0.2) is 4.68 Å². The van der Waals surface area contributed by atoms with Crippen LogP contribution in [0.25, 0.3) is 5.69 Å². The Bertz CT molecular complexity index is 770. The summed E-state index contributed by atoms with van der Waals surface area (Å²) in [6.07, 6.45) is 2.41. The lowest BCUT2D eigenvalue weighted by molar-refractivity contribution is -0.129. The topological polar surface area (TPSA) is 67.2 Å². The number of rotatable bonds is 5. The van der Waals surface area contributed by atoms with Crippen LogP contribution in [0.15, 0.2) is 73.1 Å². The highest BCUT2D eigenvalue weighted by Crippen LogP contribution is 2.13. The van der Waals surface area contributed by atoms with E-state index in [9.17, 15) is 9.90 Å². The summed E-state index contributed by atoms with van der Waals surface area (Å²) in [6.45, 7) is 0.345. The molecule has 1 atom stereocenters. The summed E-state index contributed by atoms with van der Waals surface area (Å²) >= 11 is 0. The van der Waals surface area contributed by atoms with Gasteiger partial charge in [-0.3, -0.25) is 4.79 Å². The molecule has 1 heterocycles. The van der Waals surface area contributed by atoms with Gasteiger partial charge in [0.15, 0.2) is 6.10 Å². The fourth-order valence-corrected chi connectivity index (χ4v) is 2.30. The van der Waals surface area contributed by atoms with E-state index in [1.54, 1.807) is 35.1 Å². The molecule has 1 unspecified atom stereocenters. The standard InChI is InChI=1S/C18H17N3O2/c22-17(15-7-2-1-3-8-15)18(23)19-13-14-6-4-9-16(12-14)21-11-5-10-20-21/h1-12,17,22H,13H2,(H,19,23). The van der Waals surface area contributed by atoms with Crippen molar-refractivity contribution in [3.8, 4) is 5.69 Å². The first kappa shape index (κ1) is 15.0.